The molecule has 4 heteroatoms. The van der Waals surface area contributed by atoms with Crippen LogP contribution in [-0.2, 0) is 0 Å². The van der Waals surface area contributed by atoms with Gasteiger partial charge in [-0.3, -0.25) is 4.79 Å². The summed E-state index contributed by atoms with van der Waals surface area (Å²) in [7, 11) is 0. The molecular formula is C24H22N2O2. The molecule has 0 saturated carbocycles. The summed E-state index contributed by atoms with van der Waals surface area (Å²) in [6.45, 7) is 8.06. The summed E-state index contributed by atoms with van der Waals surface area (Å²) in [6.07, 6.45) is 0. The standard InChI is InChI=1S/C24H22N2O2/c1-14-6-5-7-18(10-14)23(27)25-20-13-19(9-8-15(20)2)24-26-21-11-16(3)17(4)12-22(21)28-24/h5-13H,1-4H3,(H,25,27). The van der Waals surface area contributed by atoms with E-state index in [2.05, 4.69) is 24.1 Å². The number of aryl methyl sites for hydroxylation is 4. The average molecular weight is 370 g/mol. The molecule has 1 N–H and O–H groups in total. The van der Waals surface area contributed by atoms with Gasteiger partial charge in [0.15, 0.2) is 5.58 Å². The van der Waals surface area contributed by atoms with E-state index in [1.807, 2.05) is 68.4 Å². The minimum atomic E-state index is -0.132. The van der Waals surface area contributed by atoms with Gasteiger partial charge in [0.1, 0.15) is 5.52 Å². The van der Waals surface area contributed by atoms with Crippen LogP contribution in [0.5, 0.6) is 0 Å². The lowest BCUT2D eigenvalue weighted by atomic mass is 10.1. The molecule has 0 spiro atoms. The molecule has 0 radical (unpaired) electrons. The molecule has 0 fully saturated rings. The largest absolute Gasteiger partial charge is 0.436 e. The third kappa shape index (κ3) is 3.41. The Morgan fingerprint density at radius 3 is 2.46 bits per heavy atom. The van der Waals surface area contributed by atoms with Crippen LogP contribution in [0.3, 0.4) is 0 Å². The van der Waals surface area contributed by atoms with Crippen molar-refractivity contribution >= 4 is 22.7 Å². The first-order valence-electron chi connectivity index (χ1n) is 9.27. The fourth-order valence-electron chi connectivity index (χ4n) is 3.17. The van der Waals surface area contributed by atoms with E-state index < -0.39 is 0 Å². The molecule has 1 heterocycles. The molecule has 3 aromatic carbocycles. The summed E-state index contributed by atoms with van der Waals surface area (Å²) >= 11 is 0. The molecule has 1 aromatic heterocycles. The van der Waals surface area contributed by atoms with Crippen LogP contribution in [0.15, 0.2) is 59.0 Å². The number of aromatic nitrogens is 1. The van der Waals surface area contributed by atoms with Crippen LogP contribution in [0.25, 0.3) is 22.6 Å². The van der Waals surface area contributed by atoms with Gasteiger partial charge in [0.25, 0.3) is 5.91 Å². The van der Waals surface area contributed by atoms with Crippen LogP contribution in [0.2, 0.25) is 0 Å². The summed E-state index contributed by atoms with van der Waals surface area (Å²) in [6, 6.07) is 17.4. The number of benzene rings is 3. The highest BCUT2D eigenvalue weighted by atomic mass is 16.3. The first-order valence-corrected chi connectivity index (χ1v) is 9.27. The lowest BCUT2D eigenvalue weighted by Crippen LogP contribution is -2.13. The SMILES string of the molecule is Cc1cccc(C(=O)Nc2cc(-c3nc4cc(C)c(C)cc4o3)ccc2C)c1. The number of nitrogens with one attached hydrogen (secondary N) is 1. The van der Waals surface area contributed by atoms with Crippen molar-refractivity contribution in [1.82, 2.24) is 4.98 Å². The lowest BCUT2D eigenvalue weighted by Gasteiger charge is -2.10. The molecule has 4 rings (SSSR count). The van der Waals surface area contributed by atoms with Crippen molar-refractivity contribution in [1.29, 1.82) is 0 Å². The Balaban J connectivity index is 1.68. The number of carbonyl (C=O) groups excluding carboxylic acids is 1. The Labute approximate surface area is 164 Å². The highest BCUT2D eigenvalue weighted by Crippen LogP contribution is 2.29. The number of carbonyl (C=O) groups is 1. The van der Waals surface area contributed by atoms with Gasteiger partial charge >= 0.3 is 0 Å². The van der Waals surface area contributed by atoms with Crippen LogP contribution in [0, 0.1) is 27.7 Å². The van der Waals surface area contributed by atoms with Crippen molar-refractivity contribution in [3.05, 3.63) is 82.4 Å². The maximum Gasteiger partial charge on any atom is 0.255 e. The Morgan fingerprint density at radius 2 is 1.68 bits per heavy atom. The summed E-state index contributed by atoms with van der Waals surface area (Å²) in [5.41, 5.74) is 8.20. The molecule has 1 amide bonds. The van der Waals surface area contributed by atoms with Gasteiger partial charge in [0.05, 0.1) is 0 Å². The van der Waals surface area contributed by atoms with Crippen molar-refractivity contribution in [2.75, 3.05) is 5.32 Å². The third-order valence-electron chi connectivity index (χ3n) is 5.02. The summed E-state index contributed by atoms with van der Waals surface area (Å²) < 4.78 is 5.97. The fourth-order valence-corrected chi connectivity index (χ4v) is 3.17. The van der Waals surface area contributed by atoms with Crippen LogP contribution in [-0.4, -0.2) is 10.9 Å². The van der Waals surface area contributed by atoms with Crippen LogP contribution in [0.1, 0.15) is 32.6 Å². The predicted octanol–water partition coefficient (Wildman–Crippen LogP) is 5.98. The summed E-state index contributed by atoms with van der Waals surface area (Å²) in [5, 5.41) is 3.01. The van der Waals surface area contributed by atoms with E-state index in [1.54, 1.807) is 0 Å². The molecule has 4 nitrogen and oxygen atoms in total. The second-order valence-electron chi connectivity index (χ2n) is 7.28. The smallest absolute Gasteiger partial charge is 0.255 e. The molecule has 0 atom stereocenters. The normalized spacial score (nSPS) is 11.0. The zero-order valence-electron chi connectivity index (χ0n) is 16.5. The predicted molar refractivity (Wildman–Crippen MR) is 113 cm³/mol. The van der Waals surface area contributed by atoms with Gasteiger partial charge in [-0.25, -0.2) is 4.98 Å². The van der Waals surface area contributed by atoms with Gasteiger partial charge in [0, 0.05) is 16.8 Å². The first-order chi connectivity index (χ1) is 13.4. The van der Waals surface area contributed by atoms with Gasteiger partial charge in [-0.05, 0) is 80.8 Å². The van der Waals surface area contributed by atoms with Crippen molar-refractivity contribution < 1.29 is 9.21 Å². The quantitative estimate of drug-likeness (QED) is 0.482. The van der Waals surface area contributed by atoms with Gasteiger partial charge in [-0.1, -0.05) is 23.8 Å². The molecule has 0 unspecified atom stereocenters. The maximum absolute atomic E-state index is 12.6. The van der Waals surface area contributed by atoms with Crippen molar-refractivity contribution in [3.8, 4) is 11.5 Å². The second kappa shape index (κ2) is 6.97. The Kier molecular flexibility index (Phi) is 4.47. The zero-order chi connectivity index (χ0) is 19.8. The third-order valence-corrected chi connectivity index (χ3v) is 5.02. The minimum absolute atomic E-state index is 0.132. The monoisotopic (exact) mass is 370 g/mol. The highest BCUT2D eigenvalue weighted by molar-refractivity contribution is 6.05. The molecule has 0 aliphatic rings. The number of nitrogens with zero attached hydrogens (tertiary/aromatic N) is 1. The van der Waals surface area contributed by atoms with Crippen LogP contribution < -0.4 is 5.32 Å². The number of amides is 1. The van der Waals surface area contributed by atoms with E-state index >= 15 is 0 Å². The lowest BCUT2D eigenvalue weighted by molar-refractivity contribution is 0.102. The summed E-state index contributed by atoms with van der Waals surface area (Å²) in [5.74, 6) is 0.416. The number of anilines is 1. The molecule has 0 aliphatic heterocycles. The van der Waals surface area contributed by atoms with Crippen LogP contribution in [0.4, 0.5) is 5.69 Å². The second-order valence-corrected chi connectivity index (χ2v) is 7.28. The van der Waals surface area contributed by atoms with Crippen molar-refractivity contribution in [2.24, 2.45) is 0 Å². The van der Waals surface area contributed by atoms with Gasteiger partial charge in [0.2, 0.25) is 5.89 Å². The van der Waals surface area contributed by atoms with Gasteiger partial charge in [-0.2, -0.15) is 0 Å². The molecular weight excluding hydrogens is 348 g/mol. The fraction of sp³-hybridized carbons (Fsp3) is 0.167. The van der Waals surface area contributed by atoms with Crippen molar-refractivity contribution in [3.63, 3.8) is 0 Å². The maximum atomic E-state index is 12.6. The van der Waals surface area contributed by atoms with E-state index in [9.17, 15) is 4.79 Å². The Hall–Kier alpha value is -3.40. The topological polar surface area (TPSA) is 55.1 Å². The Bertz CT molecular complexity index is 1170. The number of fused-ring (bicyclic) bond motifs is 1. The highest BCUT2D eigenvalue weighted by Gasteiger charge is 2.13. The van der Waals surface area contributed by atoms with Crippen LogP contribution >= 0.6 is 0 Å². The number of oxazole rings is 1. The van der Waals surface area contributed by atoms with Crippen molar-refractivity contribution in [2.45, 2.75) is 27.7 Å². The van der Waals surface area contributed by atoms with Gasteiger partial charge in [-0.15, -0.1) is 0 Å². The zero-order valence-corrected chi connectivity index (χ0v) is 16.5. The Morgan fingerprint density at radius 1 is 0.893 bits per heavy atom. The van der Waals surface area contributed by atoms with E-state index in [0.717, 1.165) is 33.5 Å². The number of hydrogen-bond acceptors (Lipinski definition) is 3. The minimum Gasteiger partial charge on any atom is -0.436 e. The number of hydrogen-bond donors (Lipinski definition) is 1. The van der Waals surface area contributed by atoms with Gasteiger partial charge < -0.3 is 9.73 Å². The molecule has 28 heavy (non-hydrogen) atoms. The average Bonchev–Trinajstić information content (AvgIpc) is 3.06. The molecule has 0 bridgehead atoms. The summed E-state index contributed by atoms with van der Waals surface area (Å²) in [4.78, 5) is 17.3. The van der Waals surface area contributed by atoms with E-state index in [0.29, 0.717) is 11.5 Å². The van der Waals surface area contributed by atoms with E-state index in [1.165, 1.54) is 11.1 Å². The molecule has 140 valence electrons. The molecule has 0 saturated heterocycles. The van der Waals surface area contributed by atoms with E-state index in [-0.39, 0.29) is 5.91 Å². The first kappa shape index (κ1) is 18.0. The molecule has 0 aliphatic carbocycles. The molecule has 4 aromatic rings. The van der Waals surface area contributed by atoms with E-state index in [4.69, 9.17) is 4.42 Å². The number of rotatable bonds is 3.